The first-order valence-corrected chi connectivity index (χ1v) is 9.96. The number of pyridine rings is 2. The van der Waals surface area contributed by atoms with Crippen molar-refractivity contribution in [2.75, 3.05) is 0 Å². The molecule has 0 radical (unpaired) electrons. The van der Waals surface area contributed by atoms with Gasteiger partial charge in [-0.25, -0.2) is 0 Å². The molecule has 0 aliphatic carbocycles. The summed E-state index contributed by atoms with van der Waals surface area (Å²) in [6.07, 6.45) is 3.51. The van der Waals surface area contributed by atoms with E-state index in [1.54, 1.807) is 12.4 Å². The molecule has 0 spiro atoms. The van der Waals surface area contributed by atoms with Gasteiger partial charge < -0.3 is 0 Å². The molecule has 4 nitrogen and oxygen atoms in total. The molecule has 0 amide bonds. The van der Waals surface area contributed by atoms with Crippen molar-refractivity contribution in [2.24, 2.45) is 0 Å². The second-order valence-electron chi connectivity index (χ2n) is 4.18. The third kappa shape index (κ3) is 4.84. The van der Waals surface area contributed by atoms with E-state index in [4.69, 9.17) is 5.11 Å². The minimum atomic E-state index is -1.54. The fraction of sp³-hybridized carbons (Fsp3) is 0.214. The number of carboxylic acids is 1. The molecular formula is C14H15AsN2O2. The summed E-state index contributed by atoms with van der Waals surface area (Å²) in [6.45, 7) is 0. The molecule has 0 saturated heterocycles. The molecular weight excluding hydrogens is 303 g/mol. The quantitative estimate of drug-likeness (QED) is 0.827. The van der Waals surface area contributed by atoms with Gasteiger partial charge in [-0.3, -0.25) is 0 Å². The number of carbonyl (C=O) groups is 1. The Labute approximate surface area is 116 Å². The maximum absolute atomic E-state index is 11.0. The fourth-order valence-corrected chi connectivity index (χ4v) is 6.01. The molecule has 0 saturated carbocycles. The number of aliphatic carboxylic acids is 1. The van der Waals surface area contributed by atoms with E-state index in [1.165, 1.54) is 0 Å². The summed E-state index contributed by atoms with van der Waals surface area (Å²) in [5.41, 5.74) is 1.97. The van der Waals surface area contributed by atoms with E-state index in [0.29, 0.717) is 0 Å². The number of aromatic nitrogens is 2. The number of hydrogen-bond donors (Lipinski definition) is 1. The van der Waals surface area contributed by atoms with E-state index in [2.05, 4.69) is 9.97 Å². The second kappa shape index (κ2) is 7.05. The Morgan fingerprint density at radius 3 is 1.89 bits per heavy atom. The van der Waals surface area contributed by atoms with Crippen LogP contribution in [0.3, 0.4) is 0 Å². The average molecular weight is 318 g/mol. The van der Waals surface area contributed by atoms with E-state index < -0.39 is 20.6 Å². The van der Waals surface area contributed by atoms with Crippen molar-refractivity contribution < 1.29 is 9.90 Å². The summed E-state index contributed by atoms with van der Waals surface area (Å²) in [5.74, 6) is -0.716. The first-order valence-electron chi connectivity index (χ1n) is 5.98. The summed E-state index contributed by atoms with van der Waals surface area (Å²) < 4.78 is 0. The Bertz CT molecular complexity index is 478. The third-order valence-electron chi connectivity index (χ3n) is 2.58. The van der Waals surface area contributed by atoms with Gasteiger partial charge in [-0.2, -0.15) is 0 Å². The monoisotopic (exact) mass is 318 g/mol. The van der Waals surface area contributed by atoms with Gasteiger partial charge in [0.1, 0.15) is 0 Å². The molecule has 0 fully saturated rings. The molecule has 2 aromatic rings. The van der Waals surface area contributed by atoms with Crippen LogP contribution in [0.15, 0.2) is 48.8 Å². The molecule has 1 N–H and O–H groups in total. The van der Waals surface area contributed by atoms with Crippen molar-refractivity contribution in [3.8, 4) is 0 Å². The first-order chi connectivity index (χ1) is 9.24. The molecule has 0 unspecified atom stereocenters. The number of carboxylic acid groups (broad SMARTS) is 1. The van der Waals surface area contributed by atoms with E-state index in [9.17, 15) is 4.79 Å². The summed E-state index contributed by atoms with van der Waals surface area (Å²) in [6, 6.07) is 11.5. The zero-order valence-electron chi connectivity index (χ0n) is 10.4. The number of rotatable bonds is 6. The van der Waals surface area contributed by atoms with Crippen LogP contribution in [0.2, 0.25) is 5.21 Å². The molecule has 0 aliphatic rings. The molecule has 0 aliphatic heterocycles. The van der Waals surface area contributed by atoms with E-state index in [0.717, 1.165) is 21.8 Å². The molecule has 0 atom stereocenters. The van der Waals surface area contributed by atoms with Crippen LogP contribution in [0.25, 0.3) is 0 Å². The van der Waals surface area contributed by atoms with Crippen LogP contribution in [0.4, 0.5) is 0 Å². The van der Waals surface area contributed by atoms with Gasteiger partial charge in [0.2, 0.25) is 0 Å². The van der Waals surface area contributed by atoms with Crippen LogP contribution in [0.1, 0.15) is 11.4 Å². The van der Waals surface area contributed by atoms with Gasteiger partial charge in [0, 0.05) is 0 Å². The normalized spacial score (nSPS) is 10.6. The van der Waals surface area contributed by atoms with Gasteiger partial charge in [-0.1, -0.05) is 0 Å². The molecule has 0 aromatic carbocycles. The summed E-state index contributed by atoms with van der Waals surface area (Å²) in [4.78, 5) is 19.6. The zero-order chi connectivity index (χ0) is 13.5. The van der Waals surface area contributed by atoms with Crippen LogP contribution in [-0.2, 0) is 15.2 Å². The van der Waals surface area contributed by atoms with E-state index in [1.807, 2.05) is 36.4 Å². The van der Waals surface area contributed by atoms with Gasteiger partial charge in [0.15, 0.2) is 0 Å². The van der Waals surface area contributed by atoms with Crippen LogP contribution in [0, 0.1) is 0 Å². The van der Waals surface area contributed by atoms with Gasteiger partial charge in [-0.05, 0) is 0 Å². The molecule has 5 heteroatoms. The Balaban J connectivity index is 2.06. The van der Waals surface area contributed by atoms with Crippen molar-refractivity contribution in [3.63, 3.8) is 0 Å². The average Bonchev–Trinajstić information content (AvgIpc) is 2.40. The van der Waals surface area contributed by atoms with Gasteiger partial charge >= 0.3 is 116 Å². The summed E-state index contributed by atoms with van der Waals surface area (Å²) >= 11 is -1.54. The van der Waals surface area contributed by atoms with Crippen LogP contribution >= 0.6 is 0 Å². The Morgan fingerprint density at radius 1 is 1.00 bits per heavy atom. The van der Waals surface area contributed by atoms with Crippen LogP contribution in [0.5, 0.6) is 0 Å². The standard InChI is InChI=1S/C14H15AsN2O2/c18-14(19)11-15(9-12-5-1-3-7-16-12)10-13-6-2-4-8-17-13/h1-8H,9-11H2,(H,18,19). The summed E-state index contributed by atoms with van der Waals surface area (Å²) in [5, 5.41) is 10.9. The number of hydrogen-bond acceptors (Lipinski definition) is 3. The molecule has 2 aromatic heterocycles. The Morgan fingerprint density at radius 2 is 1.53 bits per heavy atom. The van der Waals surface area contributed by atoms with Gasteiger partial charge in [0.05, 0.1) is 0 Å². The summed E-state index contributed by atoms with van der Waals surface area (Å²) in [7, 11) is 0. The van der Waals surface area contributed by atoms with E-state index >= 15 is 0 Å². The second-order valence-corrected chi connectivity index (χ2v) is 8.99. The Kier molecular flexibility index (Phi) is 5.10. The van der Waals surface area contributed by atoms with Crippen molar-refractivity contribution in [2.45, 2.75) is 15.6 Å². The van der Waals surface area contributed by atoms with Crippen molar-refractivity contribution in [3.05, 3.63) is 60.2 Å². The minimum absolute atomic E-state index is 0.278. The predicted molar refractivity (Wildman–Crippen MR) is 74.1 cm³/mol. The van der Waals surface area contributed by atoms with Crippen molar-refractivity contribution in [1.82, 2.24) is 9.97 Å². The molecule has 2 rings (SSSR count). The molecule has 2 heterocycles. The van der Waals surface area contributed by atoms with Gasteiger partial charge in [-0.15, -0.1) is 0 Å². The molecule has 0 bridgehead atoms. The SMILES string of the molecule is O=C(O)C[As](Cc1ccccn1)Cc1ccccn1. The topological polar surface area (TPSA) is 63.1 Å². The van der Waals surface area contributed by atoms with Crippen LogP contribution < -0.4 is 0 Å². The first kappa shape index (κ1) is 13.8. The fourth-order valence-electron chi connectivity index (χ4n) is 1.80. The molecule has 98 valence electrons. The van der Waals surface area contributed by atoms with Crippen molar-refractivity contribution in [1.29, 1.82) is 0 Å². The van der Waals surface area contributed by atoms with Crippen LogP contribution in [-0.4, -0.2) is 35.7 Å². The predicted octanol–water partition coefficient (Wildman–Crippen LogP) is 1.92. The number of nitrogens with zero attached hydrogens (tertiary/aromatic N) is 2. The third-order valence-corrected chi connectivity index (χ3v) is 7.32. The van der Waals surface area contributed by atoms with Gasteiger partial charge in [0.25, 0.3) is 0 Å². The van der Waals surface area contributed by atoms with Crippen molar-refractivity contribution >= 4 is 20.6 Å². The zero-order valence-corrected chi connectivity index (χ0v) is 12.3. The molecule has 19 heavy (non-hydrogen) atoms. The Hall–Kier alpha value is -1.67. The maximum atomic E-state index is 11.0. The van der Waals surface area contributed by atoms with E-state index in [-0.39, 0.29) is 5.21 Å².